The molecule has 0 aliphatic carbocycles. The van der Waals surface area contributed by atoms with Gasteiger partial charge in [-0.25, -0.2) is 0 Å². The summed E-state index contributed by atoms with van der Waals surface area (Å²) in [5, 5.41) is 11.3. The number of ether oxygens (including phenoxy) is 4. The lowest BCUT2D eigenvalue weighted by Crippen LogP contribution is -2.29. The zero-order valence-electron chi connectivity index (χ0n) is 20.5. The van der Waals surface area contributed by atoms with Gasteiger partial charge in [-0.1, -0.05) is 42.5 Å². The number of rotatable bonds is 8. The minimum atomic E-state index is -0.912. The van der Waals surface area contributed by atoms with Crippen LogP contribution in [0.3, 0.4) is 0 Å². The van der Waals surface area contributed by atoms with E-state index in [1.54, 1.807) is 36.4 Å². The fraction of sp³-hybridized carbons (Fsp3) is 0.214. The third-order valence-electron chi connectivity index (χ3n) is 6.08. The number of methoxy groups -OCH3 is 4. The molecule has 4 rings (SSSR count). The van der Waals surface area contributed by atoms with Crippen molar-refractivity contribution in [3.8, 4) is 23.0 Å². The van der Waals surface area contributed by atoms with Gasteiger partial charge in [-0.3, -0.25) is 9.59 Å². The molecule has 1 saturated heterocycles. The molecule has 3 aromatic carbocycles. The van der Waals surface area contributed by atoms with Gasteiger partial charge in [-0.05, 0) is 35.4 Å². The van der Waals surface area contributed by atoms with Crippen LogP contribution >= 0.6 is 0 Å². The van der Waals surface area contributed by atoms with Gasteiger partial charge in [-0.2, -0.15) is 0 Å². The van der Waals surface area contributed by atoms with E-state index in [2.05, 4.69) is 0 Å². The van der Waals surface area contributed by atoms with Gasteiger partial charge in [0.1, 0.15) is 11.5 Å². The Balaban J connectivity index is 1.95. The van der Waals surface area contributed by atoms with Crippen LogP contribution in [-0.2, 0) is 16.1 Å². The van der Waals surface area contributed by atoms with Crippen LogP contribution in [-0.4, -0.2) is 50.1 Å². The van der Waals surface area contributed by atoms with Gasteiger partial charge in [0.25, 0.3) is 11.7 Å². The molecule has 0 saturated carbocycles. The Kier molecular flexibility index (Phi) is 7.15. The molecule has 1 atom stereocenters. The molecule has 8 heteroatoms. The van der Waals surface area contributed by atoms with Crippen molar-refractivity contribution in [2.45, 2.75) is 12.6 Å². The molecule has 0 bridgehead atoms. The van der Waals surface area contributed by atoms with Gasteiger partial charge in [0, 0.05) is 12.1 Å². The molecule has 1 aliphatic heterocycles. The van der Waals surface area contributed by atoms with Crippen LogP contribution in [0.4, 0.5) is 0 Å². The standard InChI is InChI=1S/C28H27NO7/c1-33-20-12-8-11-18(13-20)25(30)23-24(19-14-21(34-2)27(36-4)22(15-19)35-3)29(28(32)26(23)31)16-17-9-6-5-7-10-17/h5-15,24,30H,16H2,1-4H3. The maximum absolute atomic E-state index is 13.4. The second-order valence-electron chi connectivity index (χ2n) is 8.10. The summed E-state index contributed by atoms with van der Waals surface area (Å²) in [7, 11) is 5.97. The summed E-state index contributed by atoms with van der Waals surface area (Å²) in [6, 6.07) is 18.4. The third kappa shape index (κ3) is 4.45. The number of carbonyl (C=O) groups excluding carboxylic acids is 2. The molecule has 0 radical (unpaired) electrons. The number of aliphatic hydroxyl groups excluding tert-OH is 1. The van der Waals surface area contributed by atoms with Crippen molar-refractivity contribution >= 4 is 17.4 Å². The van der Waals surface area contributed by atoms with E-state index in [1.807, 2.05) is 30.3 Å². The Hall–Kier alpha value is -4.46. The highest BCUT2D eigenvalue weighted by Crippen LogP contribution is 2.46. The highest BCUT2D eigenvalue weighted by molar-refractivity contribution is 6.46. The maximum Gasteiger partial charge on any atom is 0.295 e. The Bertz CT molecular complexity index is 1290. The fourth-order valence-electron chi connectivity index (χ4n) is 4.35. The van der Waals surface area contributed by atoms with Gasteiger partial charge in [0.15, 0.2) is 11.5 Å². The quantitative estimate of drug-likeness (QED) is 0.286. The molecule has 1 unspecified atom stereocenters. The SMILES string of the molecule is COc1cccc(C(O)=C2C(=O)C(=O)N(Cc3ccccc3)C2c2cc(OC)c(OC)c(OC)c2)c1. The Labute approximate surface area is 209 Å². The number of hydrogen-bond acceptors (Lipinski definition) is 7. The van der Waals surface area contributed by atoms with Crippen molar-refractivity contribution in [2.24, 2.45) is 0 Å². The predicted octanol–water partition coefficient (Wildman–Crippen LogP) is 4.34. The summed E-state index contributed by atoms with van der Waals surface area (Å²) in [6.45, 7) is 0.154. The van der Waals surface area contributed by atoms with Crippen molar-refractivity contribution in [1.82, 2.24) is 4.90 Å². The summed E-state index contributed by atoms with van der Waals surface area (Å²) in [6.07, 6.45) is 0. The zero-order chi connectivity index (χ0) is 25.8. The molecule has 36 heavy (non-hydrogen) atoms. The maximum atomic E-state index is 13.4. The summed E-state index contributed by atoms with van der Waals surface area (Å²) < 4.78 is 21.7. The topological polar surface area (TPSA) is 94.5 Å². The van der Waals surface area contributed by atoms with Gasteiger partial charge in [-0.15, -0.1) is 0 Å². The van der Waals surface area contributed by atoms with E-state index < -0.39 is 17.7 Å². The second-order valence-corrected chi connectivity index (χ2v) is 8.10. The molecule has 1 aliphatic rings. The zero-order valence-corrected chi connectivity index (χ0v) is 20.5. The number of benzene rings is 3. The number of likely N-dealkylation sites (tertiary alicyclic amines) is 1. The van der Waals surface area contributed by atoms with E-state index in [9.17, 15) is 14.7 Å². The van der Waals surface area contributed by atoms with Gasteiger partial charge in [0.05, 0.1) is 40.1 Å². The molecule has 0 spiro atoms. The number of aliphatic hydroxyl groups is 1. The van der Waals surface area contributed by atoms with Crippen LogP contribution < -0.4 is 18.9 Å². The normalized spacial score (nSPS) is 16.7. The van der Waals surface area contributed by atoms with E-state index in [1.165, 1.54) is 33.3 Å². The molecular formula is C28H27NO7. The lowest BCUT2D eigenvalue weighted by Gasteiger charge is -2.26. The highest BCUT2D eigenvalue weighted by Gasteiger charge is 2.46. The van der Waals surface area contributed by atoms with E-state index in [4.69, 9.17) is 18.9 Å². The van der Waals surface area contributed by atoms with Gasteiger partial charge >= 0.3 is 0 Å². The average Bonchev–Trinajstić information content (AvgIpc) is 3.17. The summed E-state index contributed by atoms with van der Waals surface area (Å²) >= 11 is 0. The monoisotopic (exact) mass is 489 g/mol. The molecule has 3 aromatic rings. The van der Waals surface area contributed by atoms with Crippen LogP contribution in [0.5, 0.6) is 23.0 Å². The van der Waals surface area contributed by atoms with E-state index >= 15 is 0 Å². The number of ketones is 1. The lowest BCUT2D eigenvalue weighted by molar-refractivity contribution is -0.140. The summed E-state index contributed by atoms with van der Waals surface area (Å²) in [5.74, 6) is -0.218. The van der Waals surface area contributed by atoms with Crippen molar-refractivity contribution in [1.29, 1.82) is 0 Å². The van der Waals surface area contributed by atoms with Crippen LogP contribution in [0.1, 0.15) is 22.7 Å². The van der Waals surface area contributed by atoms with Crippen LogP contribution in [0.15, 0.2) is 72.3 Å². The average molecular weight is 490 g/mol. The van der Waals surface area contributed by atoms with Crippen molar-refractivity contribution in [3.05, 3.63) is 89.0 Å². The van der Waals surface area contributed by atoms with E-state index in [-0.39, 0.29) is 17.9 Å². The number of Topliss-reactive ketones (excluding diaryl/α,β-unsaturated/α-hetero) is 1. The summed E-state index contributed by atoms with van der Waals surface area (Å²) in [5.41, 5.74) is 1.66. The number of carbonyl (C=O) groups is 2. The minimum absolute atomic E-state index is 0.0431. The molecule has 1 heterocycles. The second kappa shape index (κ2) is 10.4. The fourth-order valence-corrected chi connectivity index (χ4v) is 4.35. The molecule has 1 amide bonds. The minimum Gasteiger partial charge on any atom is -0.507 e. The van der Waals surface area contributed by atoms with Crippen LogP contribution in [0, 0.1) is 0 Å². The van der Waals surface area contributed by atoms with Crippen LogP contribution in [0.2, 0.25) is 0 Å². The first-order chi connectivity index (χ1) is 17.4. The molecular weight excluding hydrogens is 462 g/mol. The lowest BCUT2D eigenvalue weighted by atomic mass is 9.94. The van der Waals surface area contributed by atoms with Crippen LogP contribution in [0.25, 0.3) is 5.76 Å². The smallest absolute Gasteiger partial charge is 0.295 e. The first kappa shape index (κ1) is 24.7. The number of hydrogen-bond donors (Lipinski definition) is 1. The predicted molar refractivity (Wildman–Crippen MR) is 133 cm³/mol. The van der Waals surface area contributed by atoms with Crippen molar-refractivity contribution in [3.63, 3.8) is 0 Å². The molecule has 0 aromatic heterocycles. The highest BCUT2D eigenvalue weighted by atomic mass is 16.5. The first-order valence-electron chi connectivity index (χ1n) is 11.2. The molecule has 8 nitrogen and oxygen atoms in total. The van der Waals surface area contributed by atoms with Gasteiger partial charge < -0.3 is 29.0 Å². The Morgan fingerprint density at radius 2 is 1.50 bits per heavy atom. The Morgan fingerprint density at radius 1 is 0.833 bits per heavy atom. The number of nitrogens with zero attached hydrogens (tertiary/aromatic N) is 1. The summed E-state index contributed by atoms with van der Waals surface area (Å²) in [4.78, 5) is 28.1. The first-order valence-corrected chi connectivity index (χ1v) is 11.2. The molecule has 1 N–H and O–H groups in total. The van der Waals surface area contributed by atoms with E-state index in [0.717, 1.165) is 5.56 Å². The van der Waals surface area contributed by atoms with Crippen molar-refractivity contribution < 1.29 is 33.6 Å². The Morgan fingerprint density at radius 3 is 2.08 bits per heavy atom. The number of amides is 1. The third-order valence-corrected chi connectivity index (χ3v) is 6.08. The van der Waals surface area contributed by atoms with E-state index in [0.29, 0.717) is 34.1 Å². The van der Waals surface area contributed by atoms with Gasteiger partial charge in [0.2, 0.25) is 5.75 Å². The molecule has 186 valence electrons. The van der Waals surface area contributed by atoms with Crippen molar-refractivity contribution in [2.75, 3.05) is 28.4 Å². The molecule has 1 fully saturated rings. The largest absolute Gasteiger partial charge is 0.507 e.